The first-order chi connectivity index (χ1) is 6.57. The van der Waals surface area contributed by atoms with Crippen molar-refractivity contribution in [3.63, 3.8) is 0 Å². The molecular weight excluding hydrogens is 188 g/mol. The maximum Gasteiger partial charge on any atom is 0.167 e. The zero-order valence-electron chi connectivity index (χ0n) is 7.81. The lowest BCUT2D eigenvalue weighted by Gasteiger charge is -2.12. The minimum absolute atomic E-state index is 0.0399. The molecule has 0 unspecified atom stereocenters. The van der Waals surface area contributed by atoms with Crippen molar-refractivity contribution in [1.82, 2.24) is 0 Å². The Bertz CT molecular complexity index is 375. The van der Waals surface area contributed by atoms with Crippen LogP contribution in [0.1, 0.15) is 18.4 Å². The average Bonchev–Trinajstić information content (AvgIpc) is 2.85. The van der Waals surface area contributed by atoms with Gasteiger partial charge in [-0.05, 0) is 18.9 Å². The molecule has 1 saturated carbocycles. The van der Waals surface area contributed by atoms with Gasteiger partial charge < -0.3 is 10.5 Å². The number of rotatable bonds is 2. The topological polar surface area (TPSA) is 35.2 Å². The van der Waals surface area contributed by atoms with Crippen LogP contribution in [-0.4, -0.2) is 7.11 Å². The van der Waals surface area contributed by atoms with Crippen LogP contribution in [0.15, 0.2) is 12.1 Å². The van der Waals surface area contributed by atoms with E-state index >= 15 is 0 Å². The highest BCUT2D eigenvalue weighted by molar-refractivity contribution is 5.38. The Morgan fingerprint density at radius 1 is 1.29 bits per heavy atom. The van der Waals surface area contributed by atoms with Crippen LogP contribution in [0.3, 0.4) is 0 Å². The van der Waals surface area contributed by atoms with Crippen molar-refractivity contribution < 1.29 is 13.5 Å². The van der Waals surface area contributed by atoms with Gasteiger partial charge in [0, 0.05) is 17.2 Å². The van der Waals surface area contributed by atoms with Gasteiger partial charge in [-0.15, -0.1) is 0 Å². The predicted molar refractivity (Wildman–Crippen MR) is 48.0 cm³/mol. The molecule has 0 saturated heterocycles. The summed E-state index contributed by atoms with van der Waals surface area (Å²) in [5.41, 5.74) is 5.56. The van der Waals surface area contributed by atoms with Crippen LogP contribution in [0.4, 0.5) is 8.78 Å². The van der Waals surface area contributed by atoms with E-state index in [1.807, 2.05) is 0 Å². The first-order valence-electron chi connectivity index (χ1n) is 4.39. The zero-order chi connectivity index (χ0) is 10.3. The second-order valence-electron chi connectivity index (χ2n) is 3.62. The number of hydrogen-bond acceptors (Lipinski definition) is 2. The van der Waals surface area contributed by atoms with E-state index in [0.717, 1.165) is 18.9 Å². The normalized spacial score (nSPS) is 18.0. The van der Waals surface area contributed by atoms with Crippen LogP contribution in [0.2, 0.25) is 0 Å². The Labute approximate surface area is 80.7 Å². The molecule has 2 rings (SSSR count). The highest BCUT2D eigenvalue weighted by atomic mass is 19.1. The third kappa shape index (κ3) is 1.35. The van der Waals surface area contributed by atoms with Crippen LogP contribution >= 0.6 is 0 Å². The van der Waals surface area contributed by atoms with Crippen LogP contribution in [-0.2, 0) is 5.54 Å². The van der Waals surface area contributed by atoms with Crippen LogP contribution in [0.25, 0.3) is 0 Å². The Kier molecular flexibility index (Phi) is 1.96. The van der Waals surface area contributed by atoms with Crippen molar-refractivity contribution >= 4 is 0 Å². The summed E-state index contributed by atoms with van der Waals surface area (Å²) < 4.78 is 31.1. The molecule has 0 aromatic heterocycles. The molecule has 0 bridgehead atoms. The Morgan fingerprint density at radius 3 is 2.43 bits per heavy atom. The van der Waals surface area contributed by atoms with E-state index in [-0.39, 0.29) is 5.75 Å². The minimum Gasteiger partial charge on any atom is -0.494 e. The molecule has 1 aliphatic carbocycles. The lowest BCUT2D eigenvalue weighted by Crippen LogP contribution is -2.20. The first kappa shape index (κ1) is 9.40. The van der Waals surface area contributed by atoms with E-state index in [0.29, 0.717) is 5.56 Å². The summed E-state index contributed by atoms with van der Waals surface area (Å²) in [6, 6.07) is 2.17. The molecule has 1 aromatic rings. The summed E-state index contributed by atoms with van der Waals surface area (Å²) in [5, 5.41) is 0. The highest BCUT2D eigenvalue weighted by Crippen LogP contribution is 2.45. The fraction of sp³-hybridized carbons (Fsp3) is 0.400. The molecule has 0 atom stereocenters. The van der Waals surface area contributed by atoms with Crippen LogP contribution < -0.4 is 10.5 Å². The van der Waals surface area contributed by atoms with Crippen molar-refractivity contribution in [2.45, 2.75) is 18.4 Å². The minimum atomic E-state index is -0.696. The van der Waals surface area contributed by atoms with Crippen molar-refractivity contribution in [2.24, 2.45) is 5.73 Å². The Balaban J connectivity index is 2.50. The summed E-state index contributed by atoms with van der Waals surface area (Å²) in [6.07, 6.45) is 1.47. The second-order valence-corrected chi connectivity index (χ2v) is 3.62. The first-order valence-corrected chi connectivity index (χ1v) is 4.39. The molecule has 76 valence electrons. The molecule has 0 heterocycles. The van der Waals surface area contributed by atoms with Gasteiger partial charge in [0.15, 0.2) is 11.6 Å². The van der Waals surface area contributed by atoms with E-state index < -0.39 is 17.2 Å². The van der Waals surface area contributed by atoms with Crippen molar-refractivity contribution in [3.8, 4) is 5.75 Å². The van der Waals surface area contributed by atoms with Gasteiger partial charge in [0.25, 0.3) is 0 Å². The van der Waals surface area contributed by atoms with E-state index in [1.165, 1.54) is 13.2 Å². The van der Waals surface area contributed by atoms with Gasteiger partial charge in [-0.2, -0.15) is 0 Å². The maximum atomic E-state index is 13.3. The lowest BCUT2D eigenvalue weighted by molar-refractivity contribution is 0.381. The molecule has 1 aliphatic rings. The molecule has 0 amide bonds. The predicted octanol–water partition coefficient (Wildman–Crippen LogP) is 1.92. The van der Waals surface area contributed by atoms with E-state index in [9.17, 15) is 8.78 Å². The van der Waals surface area contributed by atoms with Gasteiger partial charge >= 0.3 is 0 Å². The van der Waals surface area contributed by atoms with Crippen molar-refractivity contribution in [3.05, 3.63) is 29.3 Å². The fourth-order valence-corrected chi connectivity index (χ4v) is 1.47. The largest absolute Gasteiger partial charge is 0.494 e. The summed E-state index contributed by atoms with van der Waals surface area (Å²) in [6.45, 7) is 0. The Hall–Kier alpha value is -1.16. The van der Waals surface area contributed by atoms with Gasteiger partial charge in [0.1, 0.15) is 5.82 Å². The van der Waals surface area contributed by atoms with Gasteiger partial charge in [-0.1, -0.05) is 0 Å². The Morgan fingerprint density at radius 2 is 1.93 bits per heavy atom. The lowest BCUT2D eigenvalue weighted by atomic mass is 10.0. The van der Waals surface area contributed by atoms with E-state index in [1.54, 1.807) is 0 Å². The van der Waals surface area contributed by atoms with Crippen molar-refractivity contribution in [2.75, 3.05) is 7.11 Å². The third-order valence-corrected chi connectivity index (χ3v) is 2.57. The molecule has 0 spiro atoms. The molecule has 1 fully saturated rings. The summed E-state index contributed by atoms with van der Waals surface area (Å²) in [7, 11) is 1.34. The number of halogens is 2. The number of ether oxygens (including phenoxy) is 1. The molecule has 0 aliphatic heterocycles. The number of nitrogens with two attached hydrogens (primary N) is 1. The number of hydrogen-bond donors (Lipinski definition) is 1. The SMILES string of the molecule is COc1cc(C2(N)CC2)c(F)cc1F. The highest BCUT2D eigenvalue weighted by Gasteiger charge is 2.42. The van der Waals surface area contributed by atoms with Crippen LogP contribution in [0, 0.1) is 11.6 Å². The van der Waals surface area contributed by atoms with Crippen molar-refractivity contribution in [1.29, 1.82) is 0 Å². The summed E-state index contributed by atoms with van der Waals surface area (Å²) in [5.74, 6) is -1.25. The summed E-state index contributed by atoms with van der Waals surface area (Å²) in [4.78, 5) is 0. The van der Waals surface area contributed by atoms with Crippen LogP contribution in [0.5, 0.6) is 5.75 Å². The number of benzene rings is 1. The van der Waals surface area contributed by atoms with Gasteiger partial charge in [0.05, 0.1) is 7.11 Å². The fourth-order valence-electron chi connectivity index (χ4n) is 1.47. The second kappa shape index (κ2) is 2.92. The monoisotopic (exact) mass is 199 g/mol. The van der Waals surface area contributed by atoms with E-state index in [2.05, 4.69) is 0 Å². The standard InChI is InChI=1S/C10H11F2NO/c1-14-9-4-6(10(13)2-3-10)7(11)5-8(9)12/h4-5H,2-3,13H2,1H3. The third-order valence-electron chi connectivity index (χ3n) is 2.57. The summed E-state index contributed by atoms with van der Waals surface area (Å²) >= 11 is 0. The molecule has 4 heteroatoms. The molecule has 14 heavy (non-hydrogen) atoms. The van der Waals surface area contributed by atoms with Gasteiger partial charge in [-0.3, -0.25) is 0 Å². The average molecular weight is 199 g/mol. The zero-order valence-corrected chi connectivity index (χ0v) is 7.81. The molecule has 1 aromatic carbocycles. The quantitative estimate of drug-likeness (QED) is 0.789. The van der Waals surface area contributed by atoms with Gasteiger partial charge in [-0.25, -0.2) is 8.78 Å². The molecule has 0 radical (unpaired) electrons. The van der Waals surface area contributed by atoms with E-state index in [4.69, 9.17) is 10.5 Å². The molecule has 2 N–H and O–H groups in total. The van der Waals surface area contributed by atoms with Gasteiger partial charge in [0.2, 0.25) is 0 Å². The molecule has 2 nitrogen and oxygen atoms in total. The maximum absolute atomic E-state index is 13.3. The smallest absolute Gasteiger partial charge is 0.167 e. The molecular formula is C10H11F2NO. The number of methoxy groups -OCH3 is 1.